The lowest BCUT2D eigenvalue weighted by atomic mass is 10.1. The van der Waals surface area contributed by atoms with Crippen LogP contribution in [0, 0.1) is 0 Å². The number of aromatic nitrogens is 2. The average Bonchev–Trinajstić information content (AvgIpc) is 3.15. The molecule has 1 heterocycles. The van der Waals surface area contributed by atoms with Crippen molar-refractivity contribution in [2.45, 2.75) is 13.5 Å². The van der Waals surface area contributed by atoms with E-state index in [-0.39, 0.29) is 18.2 Å². The summed E-state index contributed by atoms with van der Waals surface area (Å²) in [4.78, 5) is 11.4. The molecule has 0 aliphatic carbocycles. The van der Waals surface area contributed by atoms with Crippen molar-refractivity contribution in [2.24, 2.45) is 0 Å². The van der Waals surface area contributed by atoms with E-state index in [1.54, 1.807) is 28.3 Å². The summed E-state index contributed by atoms with van der Waals surface area (Å²) in [6.45, 7) is 2.21. The first-order valence-electron chi connectivity index (χ1n) is 8.53. The summed E-state index contributed by atoms with van der Waals surface area (Å²) >= 11 is 0. The fourth-order valence-electron chi connectivity index (χ4n) is 2.95. The van der Waals surface area contributed by atoms with Gasteiger partial charge in [0.1, 0.15) is 24.6 Å². The van der Waals surface area contributed by atoms with Crippen LogP contribution in [0.5, 0.6) is 17.2 Å². The van der Waals surface area contributed by atoms with Gasteiger partial charge in [-0.2, -0.15) is 0 Å². The van der Waals surface area contributed by atoms with Crippen molar-refractivity contribution in [1.82, 2.24) is 4.57 Å². The number of hydrogen-bond acceptors (Lipinski definition) is 4. The van der Waals surface area contributed by atoms with Crippen molar-refractivity contribution in [2.75, 3.05) is 21.3 Å². The molecule has 2 aromatic carbocycles. The number of halogens is 1. The van der Waals surface area contributed by atoms with Crippen LogP contribution in [0.3, 0.4) is 0 Å². The predicted octanol–water partition coefficient (Wildman–Crippen LogP) is 0.0455. The van der Waals surface area contributed by atoms with Gasteiger partial charge in [0.25, 0.3) is 0 Å². The first kappa shape index (κ1) is 21.3. The fourth-order valence-corrected chi connectivity index (χ4v) is 2.95. The highest BCUT2D eigenvalue weighted by Gasteiger charge is 2.15. The monoisotopic (exact) mass is 402 g/mol. The van der Waals surface area contributed by atoms with Crippen molar-refractivity contribution in [3.63, 3.8) is 0 Å². The Morgan fingerprint density at radius 2 is 1.61 bits per heavy atom. The van der Waals surface area contributed by atoms with Gasteiger partial charge in [0.2, 0.25) is 12.1 Å². The number of ether oxygens (including phenoxy) is 3. The van der Waals surface area contributed by atoms with E-state index >= 15 is 0 Å². The van der Waals surface area contributed by atoms with Gasteiger partial charge in [0, 0.05) is 11.1 Å². The van der Waals surface area contributed by atoms with E-state index in [0.29, 0.717) is 29.4 Å². The maximum absolute atomic E-state index is 11.4. The van der Waals surface area contributed by atoms with E-state index in [2.05, 4.69) is 4.57 Å². The molecule has 28 heavy (non-hydrogen) atoms. The zero-order valence-electron chi connectivity index (χ0n) is 16.3. The first-order chi connectivity index (χ1) is 13.0. The number of imidazole rings is 1. The van der Waals surface area contributed by atoms with E-state index in [1.807, 2.05) is 59.7 Å². The lowest BCUT2D eigenvalue weighted by Crippen LogP contribution is -3.00. The van der Waals surface area contributed by atoms with Crippen LogP contribution in [0.1, 0.15) is 22.8 Å². The Morgan fingerprint density at radius 1 is 1.00 bits per heavy atom. The lowest BCUT2D eigenvalue weighted by molar-refractivity contribution is -0.687. The molecule has 148 valence electrons. The lowest BCUT2D eigenvalue weighted by Gasteiger charge is -2.13. The summed E-state index contributed by atoms with van der Waals surface area (Å²) in [6, 6.07) is 11.4. The number of carbonyl (C=O) groups excluding carboxylic acids is 1. The van der Waals surface area contributed by atoms with Crippen molar-refractivity contribution in [3.8, 4) is 22.9 Å². The van der Waals surface area contributed by atoms with Crippen LogP contribution < -0.4 is 31.2 Å². The van der Waals surface area contributed by atoms with Crippen molar-refractivity contribution >= 4 is 5.78 Å². The van der Waals surface area contributed by atoms with E-state index in [4.69, 9.17) is 14.2 Å². The van der Waals surface area contributed by atoms with Gasteiger partial charge in [0.15, 0.2) is 17.3 Å². The Hall–Kier alpha value is -2.99. The fraction of sp³-hybridized carbons (Fsp3) is 0.238. The number of nitrogens with zero attached hydrogens (tertiary/aromatic N) is 2. The number of hydrogen-bond donors (Lipinski definition) is 0. The third-order valence-electron chi connectivity index (χ3n) is 4.35. The van der Waals surface area contributed by atoms with Crippen LogP contribution in [-0.2, 0) is 6.54 Å². The van der Waals surface area contributed by atoms with Crippen molar-refractivity contribution in [3.05, 3.63) is 66.2 Å². The number of rotatable bonds is 7. The molecule has 0 N–H and O–H groups in total. The molecule has 0 bridgehead atoms. The third kappa shape index (κ3) is 4.46. The van der Waals surface area contributed by atoms with Crippen LogP contribution in [0.2, 0.25) is 0 Å². The molecule has 0 fully saturated rings. The van der Waals surface area contributed by atoms with Crippen LogP contribution in [0.25, 0.3) is 5.69 Å². The van der Waals surface area contributed by atoms with Crippen LogP contribution in [-0.4, -0.2) is 31.7 Å². The predicted molar refractivity (Wildman–Crippen MR) is 101 cm³/mol. The summed E-state index contributed by atoms with van der Waals surface area (Å²) < 4.78 is 20.3. The maximum Gasteiger partial charge on any atom is 0.249 e. The maximum atomic E-state index is 11.4. The van der Waals surface area contributed by atoms with Gasteiger partial charge in [0.05, 0.1) is 21.3 Å². The standard InChI is InChI=1S/C21H23N2O4.ClH/c1-15(24)17-5-7-18(8-6-17)23-10-9-22(14-23)13-16-11-19(25-2)21(27-4)20(12-16)26-3;/h5-12,14H,13H2,1-4H3;1H/q+1;/p-1. The largest absolute Gasteiger partial charge is 1.00 e. The second-order valence-corrected chi connectivity index (χ2v) is 6.13. The van der Waals surface area contributed by atoms with Crippen molar-refractivity contribution in [1.29, 1.82) is 0 Å². The Bertz CT molecular complexity index is 926. The molecule has 3 rings (SSSR count). The van der Waals surface area contributed by atoms with Crippen molar-refractivity contribution < 1.29 is 36.0 Å². The Morgan fingerprint density at radius 3 is 2.11 bits per heavy atom. The summed E-state index contributed by atoms with van der Waals surface area (Å²) in [5, 5.41) is 0. The number of ketones is 1. The third-order valence-corrected chi connectivity index (χ3v) is 4.35. The average molecular weight is 403 g/mol. The molecular formula is C21H23ClN2O4. The second kappa shape index (κ2) is 9.28. The Labute approximate surface area is 170 Å². The summed E-state index contributed by atoms with van der Waals surface area (Å²) in [5.41, 5.74) is 2.72. The molecule has 6 nitrogen and oxygen atoms in total. The van der Waals surface area contributed by atoms with Gasteiger partial charge >= 0.3 is 0 Å². The van der Waals surface area contributed by atoms with Gasteiger partial charge in [-0.1, -0.05) is 0 Å². The highest BCUT2D eigenvalue weighted by molar-refractivity contribution is 5.94. The summed E-state index contributed by atoms with van der Waals surface area (Å²) in [7, 11) is 4.80. The Kier molecular flexibility index (Phi) is 7.06. The minimum Gasteiger partial charge on any atom is -1.00 e. The van der Waals surface area contributed by atoms with Gasteiger partial charge in [-0.05, 0) is 43.3 Å². The number of methoxy groups -OCH3 is 3. The molecule has 0 spiro atoms. The molecule has 0 atom stereocenters. The zero-order valence-corrected chi connectivity index (χ0v) is 17.1. The minimum atomic E-state index is 0. The van der Waals surface area contributed by atoms with Gasteiger partial charge in [-0.25, -0.2) is 9.13 Å². The topological polar surface area (TPSA) is 53.6 Å². The number of carbonyl (C=O) groups is 1. The van der Waals surface area contributed by atoms with E-state index in [0.717, 1.165) is 11.3 Å². The van der Waals surface area contributed by atoms with Crippen LogP contribution >= 0.6 is 0 Å². The van der Waals surface area contributed by atoms with Gasteiger partial charge in [-0.15, -0.1) is 0 Å². The molecule has 0 unspecified atom stereocenters. The SMILES string of the molecule is COc1cc(C[n+]2ccn(-c3ccc(C(C)=O)cc3)c2)cc(OC)c1OC.[Cl-]. The molecule has 0 saturated heterocycles. The molecule has 0 amide bonds. The molecule has 1 aromatic heterocycles. The normalized spacial score (nSPS) is 10.1. The molecular weight excluding hydrogens is 380 g/mol. The molecule has 7 heteroatoms. The highest BCUT2D eigenvalue weighted by atomic mass is 35.5. The van der Waals surface area contributed by atoms with Crippen LogP contribution in [0.15, 0.2) is 55.1 Å². The molecule has 0 aliphatic rings. The molecule has 0 radical (unpaired) electrons. The van der Waals surface area contributed by atoms with Gasteiger partial charge < -0.3 is 26.6 Å². The van der Waals surface area contributed by atoms with E-state index < -0.39 is 0 Å². The summed E-state index contributed by atoms with van der Waals surface area (Å²) in [6.07, 6.45) is 5.95. The minimum absolute atomic E-state index is 0. The van der Waals surface area contributed by atoms with E-state index in [1.165, 1.54) is 0 Å². The second-order valence-electron chi connectivity index (χ2n) is 6.13. The smallest absolute Gasteiger partial charge is 0.249 e. The van der Waals surface area contributed by atoms with Gasteiger partial charge in [-0.3, -0.25) is 4.79 Å². The molecule has 3 aromatic rings. The highest BCUT2D eigenvalue weighted by Crippen LogP contribution is 2.38. The summed E-state index contributed by atoms with van der Waals surface area (Å²) in [5.74, 6) is 1.90. The first-order valence-corrected chi connectivity index (χ1v) is 8.53. The molecule has 0 saturated carbocycles. The van der Waals surface area contributed by atoms with E-state index in [9.17, 15) is 4.79 Å². The Balaban J connectivity index is 0.00000280. The number of benzene rings is 2. The van der Waals surface area contributed by atoms with Crippen LogP contribution in [0.4, 0.5) is 0 Å². The molecule has 0 aliphatic heterocycles. The quantitative estimate of drug-likeness (QED) is 0.414. The number of Topliss-reactive ketones (excluding diaryl/α,β-unsaturated/α-hetero) is 1. The zero-order chi connectivity index (χ0) is 19.4.